The van der Waals surface area contributed by atoms with Crippen LogP contribution in [-0.4, -0.2) is 36.0 Å². The number of carbonyl (C=O) groups is 1. The van der Waals surface area contributed by atoms with Crippen molar-refractivity contribution in [3.05, 3.63) is 11.2 Å². The summed E-state index contributed by atoms with van der Waals surface area (Å²) in [6, 6.07) is -0.415. The van der Waals surface area contributed by atoms with Gasteiger partial charge in [0, 0.05) is 14.1 Å². The first-order valence-corrected chi connectivity index (χ1v) is 5.14. The zero-order valence-electron chi connectivity index (χ0n) is 9.34. The largest absolute Gasteiger partial charge is 0.357 e. The molecule has 0 bridgehead atoms. The Morgan fingerprint density at radius 3 is 2.75 bits per heavy atom. The topological polar surface area (TPSA) is 78.9 Å². The Hall–Kier alpha value is -1.56. The number of amides is 1. The van der Waals surface area contributed by atoms with Crippen LogP contribution in [0.2, 0.25) is 5.02 Å². The molecular weight excluding hydrogens is 230 g/mol. The lowest BCUT2D eigenvalue weighted by Crippen LogP contribution is -2.35. The van der Waals surface area contributed by atoms with Gasteiger partial charge in [0.05, 0.1) is 6.20 Å². The zero-order valence-corrected chi connectivity index (χ0v) is 10.1. The van der Waals surface area contributed by atoms with Crippen LogP contribution in [0.5, 0.6) is 0 Å². The van der Waals surface area contributed by atoms with Crippen LogP contribution < -0.4 is 16.0 Å². The summed E-state index contributed by atoms with van der Waals surface area (Å²) in [5.74, 6) is 0.730. The van der Waals surface area contributed by atoms with Crippen molar-refractivity contribution in [2.75, 3.05) is 24.7 Å². The third kappa shape index (κ3) is 2.96. The number of likely N-dealkylation sites (N-methyl/N-ethyl adjacent to an activating group) is 1. The van der Waals surface area contributed by atoms with E-state index in [1.807, 2.05) is 0 Å². The van der Waals surface area contributed by atoms with Gasteiger partial charge in [-0.15, -0.1) is 0 Å². The number of hydrogen-bond donors (Lipinski definition) is 3. The van der Waals surface area contributed by atoms with Crippen molar-refractivity contribution in [3.63, 3.8) is 0 Å². The van der Waals surface area contributed by atoms with Crippen LogP contribution in [0.1, 0.15) is 6.92 Å². The van der Waals surface area contributed by atoms with Crippen LogP contribution in [-0.2, 0) is 4.79 Å². The Labute approximate surface area is 98.8 Å². The summed E-state index contributed by atoms with van der Waals surface area (Å²) in [6.45, 7) is 1.72. The number of hydrogen-bond acceptors (Lipinski definition) is 5. The molecule has 0 aliphatic rings. The van der Waals surface area contributed by atoms with Crippen molar-refractivity contribution in [1.29, 1.82) is 0 Å². The Bertz CT molecular complexity index is 384. The predicted octanol–water partition coefficient (Wildman–Crippen LogP) is 0.718. The van der Waals surface area contributed by atoms with E-state index in [0.29, 0.717) is 16.8 Å². The number of nitrogens with one attached hydrogen (secondary N) is 3. The summed E-state index contributed by atoms with van der Waals surface area (Å²) < 4.78 is 0. The molecule has 3 N–H and O–H groups in total. The second-order valence-electron chi connectivity index (χ2n) is 3.12. The quantitative estimate of drug-likeness (QED) is 0.726. The van der Waals surface area contributed by atoms with Gasteiger partial charge in [-0.1, -0.05) is 11.6 Å². The predicted molar refractivity (Wildman–Crippen MR) is 63.7 cm³/mol. The van der Waals surface area contributed by atoms with E-state index in [-0.39, 0.29) is 5.91 Å². The highest BCUT2D eigenvalue weighted by Crippen LogP contribution is 2.19. The van der Waals surface area contributed by atoms with Crippen LogP contribution in [0, 0.1) is 0 Å². The number of rotatable bonds is 4. The van der Waals surface area contributed by atoms with E-state index in [1.54, 1.807) is 21.0 Å². The third-order valence-electron chi connectivity index (χ3n) is 1.96. The first-order chi connectivity index (χ1) is 7.58. The molecule has 7 heteroatoms. The molecule has 0 aliphatic heterocycles. The lowest BCUT2D eigenvalue weighted by atomic mass is 10.3. The molecule has 0 radical (unpaired) electrons. The van der Waals surface area contributed by atoms with Crippen molar-refractivity contribution in [1.82, 2.24) is 15.3 Å². The molecular formula is C9H14ClN5O. The van der Waals surface area contributed by atoms with Gasteiger partial charge >= 0.3 is 0 Å². The number of aromatic nitrogens is 2. The van der Waals surface area contributed by atoms with Crippen molar-refractivity contribution >= 4 is 29.3 Å². The fraction of sp³-hybridized carbons (Fsp3) is 0.444. The molecule has 1 unspecified atom stereocenters. The lowest BCUT2D eigenvalue weighted by molar-refractivity contribution is -0.121. The van der Waals surface area contributed by atoms with Crippen LogP contribution in [0.4, 0.5) is 11.8 Å². The first-order valence-electron chi connectivity index (χ1n) is 4.77. The van der Waals surface area contributed by atoms with E-state index in [2.05, 4.69) is 25.9 Å². The molecule has 0 aliphatic carbocycles. The minimum Gasteiger partial charge on any atom is -0.357 e. The molecule has 1 aromatic rings. The van der Waals surface area contributed by atoms with E-state index < -0.39 is 6.04 Å². The second kappa shape index (κ2) is 5.50. The van der Waals surface area contributed by atoms with Crippen molar-refractivity contribution < 1.29 is 4.79 Å². The molecule has 0 aromatic carbocycles. The van der Waals surface area contributed by atoms with E-state index in [0.717, 1.165) is 0 Å². The highest BCUT2D eigenvalue weighted by molar-refractivity contribution is 6.32. The smallest absolute Gasteiger partial charge is 0.241 e. The first kappa shape index (κ1) is 12.5. The van der Waals surface area contributed by atoms with Gasteiger partial charge in [0.2, 0.25) is 11.9 Å². The Balaban J connectivity index is 2.83. The molecule has 0 saturated heterocycles. The minimum atomic E-state index is -0.415. The fourth-order valence-corrected chi connectivity index (χ4v) is 1.22. The monoisotopic (exact) mass is 243 g/mol. The maximum absolute atomic E-state index is 11.3. The van der Waals surface area contributed by atoms with E-state index in [1.165, 1.54) is 6.20 Å². The number of halogens is 1. The van der Waals surface area contributed by atoms with Crippen molar-refractivity contribution in [2.45, 2.75) is 13.0 Å². The molecule has 1 amide bonds. The molecule has 0 spiro atoms. The molecule has 16 heavy (non-hydrogen) atoms. The van der Waals surface area contributed by atoms with Crippen LogP contribution >= 0.6 is 11.6 Å². The highest BCUT2D eigenvalue weighted by atomic mass is 35.5. The molecule has 0 saturated carbocycles. The van der Waals surface area contributed by atoms with Gasteiger partial charge in [-0.2, -0.15) is 4.98 Å². The van der Waals surface area contributed by atoms with Crippen LogP contribution in [0.15, 0.2) is 6.20 Å². The Kier molecular flexibility index (Phi) is 4.30. The molecule has 6 nitrogen and oxygen atoms in total. The summed E-state index contributed by atoms with van der Waals surface area (Å²) in [5.41, 5.74) is 0. The number of carbonyl (C=O) groups excluding carboxylic acids is 1. The highest BCUT2D eigenvalue weighted by Gasteiger charge is 2.13. The average Bonchev–Trinajstić information content (AvgIpc) is 2.30. The van der Waals surface area contributed by atoms with E-state index in [4.69, 9.17) is 11.6 Å². The molecule has 1 heterocycles. The fourth-order valence-electron chi connectivity index (χ4n) is 1.08. The lowest BCUT2D eigenvalue weighted by Gasteiger charge is -2.14. The molecule has 1 atom stereocenters. The van der Waals surface area contributed by atoms with Gasteiger partial charge in [0.1, 0.15) is 11.1 Å². The number of anilines is 2. The summed E-state index contributed by atoms with van der Waals surface area (Å²) >= 11 is 5.90. The minimum absolute atomic E-state index is 0.138. The van der Waals surface area contributed by atoms with Gasteiger partial charge < -0.3 is 16.0 Å². The van der Waals surface area contributed by atoms with Crippen molar-refractivity contribution in [2.24, 2.45) is 0 Å². The van der Waals surface area contributed by atoms with Crippen LogP contribution in [0.25, 0.3) is 0 Å². The summed E-state index contributed by atoms with van der Waals surface area (Å²) in [7, 11) is 3.27. The Morgan fingerprint density at radius 2 is 2.19 bits per heavy atom. The molecule has 1 rings (SSSR count). The van der Waals surface area contributed by atoms with Gasteiger partial charge in [-0.3, -0.25) is 4.79 Å². The molecule has 0 fully saturated rings. The third-order valence-corrected chi connectivity index (χ3v) is 2.24. The molecule has 1 aromatic heterocycles. The normalized spacial score (nSPS) is 11.8. The second-order valence-corrected chi connectivity index (χ2v) is 3.53. The SMILES string of the molecule is CNC(=O)C(C)Nc1nc(NC)ncc1Cl. The number of nitrogens with zero attached hydrogens (tertiary/aromatic N) is 2. The van der Waals surface area contributed by atoms with Gasteiger partial charge in [-0.25, -0.2) is 4.98 Å². The Morgan fingerprint density at radius 1 is 1.50 bits per heavy atom. The van der Waals surface area contributed by atoms with Crippen molar-refractivity contribution in [3.8, 4) is 0 Å². The zero-order chi connectivity index (χ0) is 12.1. The molecule has 88 valence electrons. The van der Waals surface area contributed by atoms with Gasteiger partial charge in [0.15, 0.2) is 5.82 Å². The summed E-state index contributed by atoms with van der Waals surface area (Å²) in [5, 5.41) is 8.59. The maximum Gasteiger partial charge on any atom is 0.241 e. The van der Waals surface area contributed by atoms with E-state index >= 15 is 0 Å². The summed E-state index contributed by atoms with van der Waals surface area (Å²) in [6.07, 6.45) is 1.47. The van der Waals surface area contributed by atoms with E-state index in [9.17, 15) is 4.79 Å². The average molecular weight is 244 g/mol. The van der Waals surface area contributed by atoms with Gasteiger partial charge in [0.25, 0.3) is 0 Å². The van der Waals surface area contributed by atoms with Crippen LogP contribution in [0.3, 0.4) is 0 Å². The standard InChI is InChI=1S/C9H14ClN5O/c1-5(8(16)11-2)14-7-6(10)4-13-9(12-3)15-7/h4-5H,1-3H3,(H,11,16)(H2,12,13,14,15). The van der Waals surface area contributed by atoms with Gasteiger partial charge in [-0.05, 0) is 6.92 Å². The summed E-state index contributed by atoms with van der Waals surface area (Å²) in [4.78, 5) is 19.3. The maximum atomic E-state index is 11.3.